The third-order valence-electron chi connectivity index (χ3n) is 6.74. The molecule has 3 atom stereocenters. The number of nitrogens with one attached hydrogen (secondary N) is 2. The van der Waals surface area contributed by atoms with Crippen molar-refractivity contribution in [1.82, 2.24) is 15.0 Å². The van der Waals surface area contributed by atoms with Crippen LogP contribution in [0.25, 0.3) is 0 Å². The Morgan fingerprint density at radius 1 is 1.32 bits per heavy atom. The Labute approximate surface area is 237 Å². The van der Waals surface area contributed by atoms with E-state index in [1.165, 1.54) is 29.2 Å². The second kappa shape index (κ2) is 11.9. The van der Waals surface area contributed by atoms with Gasteiger partial charge in [0.05, 0.1) is 24.8 Å². The minimum Gasteiger partial charge on any atom is -0.487 e. The van der Waals surface area contributed by atoms with Crippen molar-refractivity contribution in [3.05, 3.63) is 52.7 Å². The Kier molecular flexibility index (Phi) is 8.71. The van der Waals surface area contributed by atoms with Crippen LogP contribution in [-0.4, -0.2) is 79.3 Å². The number of carbonyl (C=O) groups is 2. The summed E-state index contributed by atoms with van der Waals surface area (Å²) in [6.45, 7) is 7.23. The van der Waals surface area contributed by atoms with E-state index < -0.39 is 28.1 Å². The zero-order valence-corrected chi connectivity index (χ0v) is 24.5. The van der Waals surface area contributed by atoms with E-state index in [9.17, 15) is 23.1 Å². The van der Waals surface area contributed by atoms with E-state index in [0.717, 1.165) is 11.3 Å². The number of likely N-dealkylation sites (N-methyl/N-ethyl adjacent to an activating group) is 1. The number of aromatic nitrogens is 1. The Bertz CT molecular complexity index is 1450. The van der Waals surface area contributed by atoms with Crippen LogP contribution in [0.2, 0.25) is 0 Å². The quantitative estimate of drug-likeness (QED) is 0.359. The average Bonchev–Trinajstić information content (AvgIpc) is 3.57. The highest BCUT2D eigenvalue weighted by molar-refractivity contribution is 7.94. The molecule has 1 aliphatic heterocycles. The summed E-state index contributed by atoms with van der Waals surface area (Å²) >= 11 is 1.08. The smallest absolute Gasteiger partial charge is 0.321 e. The molecule has 3 amide bonds. The molecule has 0 fully saturated rings. The lowest BCUT2D eigenvalue weighted by Gasteiger charge is -2.38. The van der Waals surface area contributed by atoms with Gasteiger partial charge in [-0.05, 0) is 50.4 Å². The van der Waals surface area contributed by atoms with E-state index in [0.29, 0.717) is 17.1 Å². The van der Waals surface area contributed by atoms with Crippen molar-refractivity contribution in [2.24, 2.45) is 5.92 Å². The number of aliphatic hydroxyl groups is 1. The standard InChI is InChI=1S/C26H33N5O7S2/c1-15-12-31(16(2)14-32)25(33)20-11-19(29-40(35,36)23-7-6-10-39-23)8-9-21(20)37-22(15)13-30(5)26(34)27-24-17(3)28-38-18(24)4/h6-11,15-16,22,29,32H,12-14H2,1-5H3,(H,27,34)/t15-,16-,22+/m0/s1. The van der Waals surface area contributed by atoms with Gasteiger partial charge in [-0.3, -0.25) is 9.52 Å². The van der Waals surface area contributed by atoms with Gasteiger partial charge in [0.2, 0.25) is 0 Å². The number of hydrogen-bond acceptors (Lipinski definition) is 9. The summed E-state index contributed by atoms with van der Waals surface area (Å²) in [5.41, 5.74) is 1.40. The van der Waals surface area contributed by atoms with Crippen LogP contribution < -0.4 is 14.8 Å². The summed E-state index contributed by atoms with van der Waals surface area (Å²) in [6.07, 6.45) is -0.533. The molecule has 3 heterocycles. The first-order valence-corrected chi connectivity index (χ1v) is 15.0. The third-order valence-corrected chi connectivity index (χ3v) is 9.52. The van der Waals surface area contributed by atoms with E-state index >= 15 is 0 Å². The Morgan fingerprint density at radius 3 is 2.70 bits per heavy atom. The number of nitrogens with zero attached hydrogens (tertiary/aromatic N) is 3. The second-order valence-electron chi connectivity index (χ2n) is 9.88. The number of benzene rings is 1. The van der Waals surface area contributed by atoms with Crippen molar-refractivity contribution >= 4 is 44.7 Å². The average molecular weight is 592 g/mol. The van der Waals surface area contributed by atoms with Crippen LogP contribution in [0.4, 0.5) is 16.2 Å². The molecule has 4 rings (SSSR count). The van der Waals surface area contributed by atoms with Gasteiger partial charge < -0.3 is 29.5 Å². The molecule has 2 aromatic heterocycles. The van der Waals surface area contributed by atoms with Crippen LogP contribution in [0.5, 0.6) is 5.75 Å². The fraction of sp³-hybridized carbons (Fsp3) is 0.423. The number of carbonyl (C=O) groups excluding carboxylic acids is 2. The predicted molar refractivity (Wildman–Crippen MR) is 150 cm³/mol. The molecule has 0 unspecified atom stereocenters. The molecule has 0 radical (unpaired) electrons. The van der Waals surface area contributed by atoms with Gasteiger partial charge in [-0.25, -0.2) is 13.2 Å². The number of fused-ring (bicyclic) bond motifs is 1. The molecule has 12 nitrogen and oxygen atoms in total. The van der Waals surface area contributed by atoms with Gasteiger partial charge >= 0.3 is 6.03 Å². The number of ether oxygens (including phenoxy) is 1. The Morgan fingerprint density at radius 2 is 2.08 bits per heavy atom. The van der Waals surface area contributed by atoms with Crippen molar-refractivity contribution in [2.75, 3.05) is 36.8 Å². The highest BCUT2D eigenvalue weighted by Crippen LogP contribution is 2.32. The number of thiophene rings is 1. The number of aliphatic hydroxyl groups excluding tert-OH is 1. The van der Waals surface area contributed by atoms with Crippen molar-refractivity contribution in [2.45, 2.75) is 44.0 Å². The topological polar surface area (TPSA) is 154 Å². The summed E-state index contributed by atoms with van der Waals surface area (Å²) in [6, 6.07) is 6.73. The lowest BCUT2D eigenvalue weighted by atomic mass is 9.99. The normalized spacial score (nSPS) is 18.2. The number of anilines is 2. The second-order valence-corrected chi connectivity index (χ2v) is 12.7. The van der Waals surface area contributed by atoms with E-state index in [4.69, 9.17) is 9.26 Å². The van der Waals surface area contributed by atoms with Crippen LogP contribution in [0.1, 0.15) is 35.7 Å². The molecule has 14 heteroatoms. The summed E-state index contributed by atoms with van der Waals surface area (Å²) in [7, 11) is -2.21. The first kappa shape index (κ1) is 29.4. The van der Waals surface area contributed by atoms with E-state index in [2.05, 4.69) is 15.2 Å². The summed E-state index contributed by atoms with van der Waals surface area (Å²) < 4.78 is 39.6. The minimum absolute atomic E-state index is 0.143. The first-order valence-electron chi connectivity index (χ1n) is 12.6. The van der Waals surface area contributed by atoms with Crippen LogP contribution in [0.3, 0.4) is 0 Å². The summed E-state index contributed by atoms with van der Waals surface area (Å²) in [5, 5.41) is 18.2. The monoisotopic (exact) mass is 591 g/mol. The molecule has 0 aliphatic carbocycles. The van der Waals surface area contributed by atoms with Gasteiger partial charge in [0.25, 0.3) is 15.9 Å². The number of rotatable bonds is 8. The number of amides is 3. The van der Waals surface area contributed by atoms with Crippen LogP contribution in [-0.2, 0) is 10.0 Å². The lowest BCUT2D eigenvalue weighted by Crippen LogP contribution is -2.50. The number of sulfonamides is 1. The van der Waals surface area contributed by atoms with Gasteiger partial charge in [-0.15, -0.1) is 11.3 Å². The molecule has 0 saturated carbocycles. The molecule has 216 valence electrons. The van der Waals surface area contributed by atoms with Crippen molar-refractivity contribution in [1.29, 1.82) is 0 Å². The summed E-state index contributed by atoms with van der Waals surface area (Å²) in [5.74, 6) is 0.109. The predicted octanol–water partition coefficient (Wildman–Crippen LogP) is 3.54. The fourth-order valence-corrected chi connectivity index (χ4v) is 6.38. The van der Waals surface area contributed by atoms with Gasteiger partial charge in [0, 0.05) is 25.2 Å². The van der Waals surface area contributed by atoms with Crippen LogP contribution >= 0.6 is 11.3 Å². The zero-order valence-electron chi connectivity index (χ0n) is 22.9. The maximum absolute atomic E-state index is 13.6. The van der Waals surface area contributed by atoms with Crippen molar-refractivity contribution in [3.8, 4) is 5.75 Å². The molecular formula is C26H33N5O7S2. The number of urea groups is 1. The van der Waals surface area contributed by atoms with Crippen molar-refractivity contribution < 1.29 is 32.4 Å². The zero-order chi connectivity index (χ0) is 29.2. The fourth-order valence-electron chi connectivity index (χ4n) is 4.34. The first-order chi connectivity index (χ1) is 18.9. The highest BCUT2D eigenvalue weighted by atomic mass is 32.2. The highest BCUT2D eigenvalue weighted by Gasteiger charge is 2.34. The molecule has 1 aliphatic rings. The summed E-state index contributed by atoms with van der Waals surface area (Å²) in [4.78, 5) is 29.6. The van der Waals surface area contributed by atoms with Crippen LogP contribution in [0.15, 0.2) is 44.4 Å². The lowest BCUT2D eigenvalue weighted by molar-refractivity contribution is 0.0371. The molecular weight excluding hydrogens is 558 g/mol. The van der Waals surface area contributed by atoms with E-state index in [-0.39, 0.29) is 52.9 Å². The maximum Gasteiger partial charge on any atom is 0.321 e. The SMILES string of the molecule is Cc1noc(C)c1NC(=O)N(C)C[C@H]1Oc2ccc(NS(=O)(=O)c3cccs3)cc2C(=O)N([C@@H](C)CO)C[C@@H]1C. The van der Waals surface area contributed by atoms with Gasteiger partial charge in [-0.1, -0.05) is 18.1 Å². The third kappa shape index (κ3) is 6.24. The Hall–Kier alpha value is -3.62. The molecule has 3 aromatic rings. The van der Waals surface area contributed by atoms with E-state index in [1.54, 1.807) is 44.2 Å². The molecule has 0 saturated heterocycles. The molecule has 0 bridgehead atoms. The minimum atomic E-state index is -3.84. The van der Waals surface area contributed by atoms with Crippen molar-refractivity contribution in [3.63, 3.8) is 0 Å². The van der Waals surface area contributed by atoms with Gasteiger partial charge in [0.1, 0.15) is 27.4 Å². The largest absolute Gasteiger partial charge is 0.487 e. The number of hydrogen-bond donors (Lipinski definition) is 3. The van der Waals surface area contributed by atoms with E-state index in [1.807, 2.05) is 6.92 Å². The van der Waals surface area contributed by atoms with Gasteiger partial charge in [-0.2, -0.15) is 0 Å². The maximum atomic E-state index is 13.6. The molecule has 3 N–H and O–H groups in total. The number of aryl methyl sites for hydroxylation is 2. The molecule has 0 spiro atoms. The van der Waals surface area contributed by atoms with Gasteiger partial charge in [0.15, 0.2) is 5.76 Å². The molecule has 1 aromatic carbocycles. The van der Waals surface area contributed by atoms with Crippen LogP contribution in [0, 0.1) is 19.8 Å². The Balaban J connectivity index is 1.62. The molecule has 40 heavy (non-hydrogen) atoms.